The second-order valence-electron chi connectivity index (χ2n) is 4.30. The van der Waals surface area contributed by atoms with Crippen LogP contribution in [0.25, 0.3) is 0 Å². The minimum atomic E-state index is -0.525. The molecule has 1 aromatic rings. The third kappa shape index (κ3) is 1.59. The number of hydrogen-bond acceptors (Lipinski definition) is 4. The van der Waals surface area contributed by atoms with E-state index < -0.39 is 11.3 Å². The third-order valence-corrected chi connectivity index (χ3v) is 2.94. The summed E-state index contributed by atoms with van der Waals surface area (Å²) in [4.78, 5) is 13.4. The Morgan fingerprint density at radius 3 is 3.07 bits per heavy atom. The van der Waals surface area contributed by atoms with Gasteiger partial charge in [0.2, 0.25) is 0 Å². The van der Waals surface area contributed by atoms with Crippen LogP contribution in [0.1, 0.15) is 38.4 Å². The summed E-state index contributed by atoms with van der Waals surface area (Å²) < 4.78 is 4.48. The largest absolute Gasteiger partial charge is 0.438 e. The Morgan fingerprint density at radius 2 is 2.50 bits per heavy atom. The Bertz CT molecular complexity index is 370. The molecule has 1 fully saturated rings. The molecule has 2 rings (SSSR count). The van der Waals surface area contributed by atoms with Crippen molar-refractivity contribution in [1.29, 1.82) is 0 Å². The van der Waals surface area contributed by atoms with E-state index in [0.29, 0.717) is 11.7 Å². The molecule has 0 aromatic carbocycles. The first-order chi connectivity index (χ1) is 6.60. The fourth-order valence-corrected chi connectivity index (χ4v) is 2.25. The minimum Gasteiger partial charge on any atom is -0.319 e. The zero-order valence-corrected chi connectivity index (χ0v) is 8.25. The Morgan fingerprint density at radius 1 is 1.71 bits per heavy atom. The third-order valence-electron chi connectivity index (χ3n) is 2.94. The Labute approximate surface area is 81.7 Å². The maximum absolute atomic E-state index is 10.8. The summed E-state index contributed by atoms with van der Waals surface area (Å²) in [6.45, 7) is 2.17. The normalized spacial score (nSPS) is 33.1. The molecular weight excluding hydrogens is 182 g/mol. The summed E-state index contributed by atoms with van der Waals surface area (Å²) in [7, 11) is 0. The SMILES string of the molecule is CC1CCCC(N)(c2noc(=O)[nH]2)C1. The van der Waals surface area contributed by atoms with Crippen molar-refractivity contribution < 1.29 is 4.52 Å². The van der Waals surface area contributed by atoms with Crippen molar-refractivity contribution in [3.05, 3.63) is 16.4 Å². The lowest BCUT2D eigenvalue weighted by atomic mass is 9.76. The van der Waals surface area contributed by atoms with Gasteiger partial charge < -0.3 is 5.73 Å². The predicted molar refractivity (Wildman–Crippen MR) is 50.6 cm³/mol. The fourth-order valence-electron chi connectivity index (χ4n) is 2.25. The fraction of sp³-hybridized carbons (Fsp3) is 0.778. The highest BCUT2D eigenvalue weighted by atomic mass is 16.5. The van der Waals surface area contributed by atoms with Gasteiger partial charge in [0, 0.05) is 0 Å². The highest BCUT2D eigenvalue weighted by Crippen LogP contribution is 2.35. The van der Waals surface area contributed by atoms with Gasteiger partial charge in [-0.2, -0.15) is 0 Å². The van der Waals surface area contributed by atoms with Gasteiger partial charge in [0.05, 0.1) is 5.54 Å². The Balaban J connectivity index is 2.26. The predicted octanol–water partition coefficient (Wildman–Crippen LogP) is 0.727. The Kier molecular flexibility index (Phi) is 2.19. The molecule has 0 amide bonds. The zero-order chi connectivity index (χ0) is 10.2. The standard InChI is InChI=1S/C9H15N3O2/c1-6-3-2-4-9(10,5-6)7-11-8(13)14-12-7/h6H,2-5,10H2,1H3,(H,11,12,13). The molecule has 5 nitrogen and oxygen atoms in total. The van der Waals surface area contributed by atoms with Gasteiger partial charge in [0.25, 0.3) is 0 Å². The van der Waals surface area contributed by atoms with E-state index in [1.165, 1.54) is 6.42 Å². The van der Waals surface area contributed by atoms with Crippen molar-refractivity contribution in [2.75, 3.05) is 0 Å². The molecule has 1 heterocycles. The van der Waals surface area contributed by atoms with E-state index in [1.807, 2.05) is 0 Å². The first kappa shape index (κ1) is 9.45. The number of H-pyrrole nitrogens is 1. The summed E-state index contributed by atoms with van der Waals surface area (Å²) in [5.74, 6) is 0.547. The molecule has 1 aromatic heterocycles. The number of aromatic amines is 1. The highest BCUT2D eigenvalue weighted by molar-refractivity contribution is 5.04. The number of nitrogens with one attached hydrogen (secondary N) is 1. The van der Waals surface area contributed by atoms with E-state index in [4.69, 9.17) is 5.73 Å². The lowest BCUT2D eigenvalue weighted by Crippen LogP contribution is -2.42. The maximum atomic E-state index is 10.8. The number of hydrogen-bond donors (Lipinski definition) is 2. The second kappa shape index (κ2) is 3.24. The first-order valence-corrected chi connectivity index (χ1v) is 4.95. The van der Waals surface area contributed by atoms with Crippen LogP contribution in [0.3, 0.4) is 0 Å². The van der Waals surface area contributed by atoms with Gasteiger partial charge in [0.15, 0.2) is 5.82 Å². The van der Waals surface area contributed by atoms with Crippen molar-refractivity contribution in [1.82, 2.24) is 10.1 Å². The van der Waals surface area contributed by atoms with Gasteiger partial charge in [0.1, 0.15) is 0 Å². The second-order valence-corrected chi connectivity index (χ2v) is 4.30. The number of nitrogens with two attached hydrogens (primary N) is 1. The molecule has 0 saturated heterocycles. The van der Waals surface area contributed by atoms with Crippen LogP contribution in [0.2, 0.25) is 0 Å². The van der Waals surface area contributed by atoms with Crippen molar-refractivity contribution in [2.45, 2.75) is 38.1 Å². The number of aromatic nitrogens is 2. The summed E-state index contributed by atoms with van der Waals surface area (Å²) in [5, 5.41) is 3.68. The van der Waals surface area contributed by atoms with Crippen LogP contribution in [-0.2, 0) is 5.54 Å². The molecule has 1 aliphatic carbocycles. The summed E-state index contributed by atoms with van der Waals surface area (Å²) in [6, 6.07) is 0. The van der Waals surface area contributed by atoms with Crippen LogP contribution < -0.4 is 11.5 Å². The van der Waals surface area contributed by atoms with Crippen LogP contribution in [-0.4, -0.2) is 10.1 Å². The van der Waals surface area contributed by atoms with Gasteiger partial charge in [-0.15, -0.1) is 0 Å². The molecule has 1 saturated carbocycles. The maximum Gasteiger partial charge on any atom is 0.438 e. The summed E-state index contributed by atoms with van der Waals surface area (Å²) in [5.41, 5.74) is 5.70. The van der Waals surface area contributed by atoms with Crippen LogP contribution >= 0.6 is 0 Å². The van der Waals surface area contributed by atoms with Gasteiger partial charge >= 0.3 is 5.76 Å². The van der Waals surface area contributed by atoms with E-state index in [9.17, 15) is 4.79 Å². The van der Waals surface area contributed by atoms with Crippen LogP contribution in [0, 0.1) is 5.92 Å². The molecule has 14 heavy (non-hydrogen) atoms. The molecule has 1 aliphatic rings. The topological polar surface area (TPSA) is 84.9 Å². The average Bonchev–Trinajstić information content (AvgIpc) is 2.52. The van der Waals surface area contributed by atoms with Gasteiger partial charge in [-0.25, -0.2) is 4.79 Å². The molecule has 5 heteroatoms. The van der Waals surface area contributed by atoms with Gasteiger partial charge in [-0.3, -0.25) is 9.51 Å². The first-order valence-electron chi connectivity index (χ1n) is 4.95. The molecule has 3 N–H and O–H groups in total. The van der Waals surface area contributed by atoms with Gasteiger partial charge in [-0.1, -0.05) is 24.9 Å². The van der Waals surface area contributed by atoms with E-state index in [1.54, 1.807) is 0 Å². The smallest absolute Gasteiger partial charge is 0.319 e. The molecule has 0 spiro atoms. The van der Waals surface area contributed by atoms with Crippen molar-refractivity contribution in [3.8, 4) is 0 Å². The number of rotatable bonds is 1. The molecule has 0 radical (unpaired) electrons. The number of nitrogens with zero attached hydrogens (tertiary/aromatic N) is 1. The molecule has 0 aliphatic heterocycles. The molecule has 78 valence electrons. The molecule has 2 atom stereocenters. The summed E-state index contributed by atoms with van der Waals surface area (Å²) >= 11 is 0. The zero-order valence-electron chi connectivity index (χ0n) is 8.25. The van der Waals surface area contributed by atoms with Crippen LogP contribution in [0.4, 0.5) is 0 Å². The molecule has 2 unspecified atom stereocenters. The molecular formula is C9H15N3O2. The van der Waals surface area contributed by atoms with Crippen molar-refractivity contribution in [2.24, 2.45) is 11.7 Å². The monoisotopic (exact) mass is 197 g/mol. The van der Waals surface area contributed by atoms with E-state index in [2.05, 4.69) is 21.6 Å². The van der Waals surface area contributed by atoms with Crippen LogP contribution in [0.15, 0.2) is 9.32 Å². The van der Waals surface area contributed by atoms with Gasteiger partial charge in [-0.05, 0) is 18.8 Å². The lowest BCUT2D eigenvalue weighted by molar-refractivity contribution is 0.221. The summed E-state index contributed by atoms with van der Waals surface area (Å²) in [6.07, 6.45) is 3.99. The lowest BCUT2D eigenvalue weighted by Gasteiger charge is -2.34. The van der Waals surface area contributed by atoms with E-state index >= 15 is 0 Å². The Hall–Kier alpha value is -1.10. The quantitative estimate of drug-likeness (QED) is 0.695. The molecule has 0 bridgehead atoms. The average molecular weight is 197 g/mol. The van der Waals surface area contributed by atoms with E-state index in [-0.39, 0.29) is 0 Å². The minimum absolute atomic E-state index is 0.494. The highest BCUT2D eigenvalue weighted by Gasteiger charge is 2.36. The van der Waals surface area contributed by atoms with Crippen LogP contribution in [0.5, 0.6) is 0 Å². The van der Waals surface area contributed by atoms with Crippen molar-refractivity contribution >= 4 is 0 Å². The van der Waals surface area contributed by atoms with Crippen molar-refractivity contribution in [3.63, 3.8) is 0 Å². The van der Waals surface area contributed by atoms with E-state index in [0.717, 1.165) is 19.3 Å².